The standard InChI is InChI=1S/C15H15BrN2O3/c1-18-9-8-17-13(18)7-10-21-15-11(5-6-14(19)20)3-2-4-12(15)16/h2-6,8-9H,7,10H2,1H3,(H,19,20)/b6-5+. The van der Waals surface area contributed by atoms with Crippen molar-refractivity contribution >= 4 is 28.0 Å². The summed E-state index contributed by atoms with van der Waals surface area (Å²) in [7, 11) is 1.93. The molecule has 0 amide bonds. The Labute approximate surface area is 131 Å². The fourth-order valence-corrected chi connectivity index (χ4v) is 2.35. The van der Waals surface area contributed by atoms with Gasteiger partial charge in [-0.05, 0) is 28.1 Å². The third-order valence-electron chi connectivity index (χ3n) is 2.90. The van der Waals surface area contributed by atoms with Crippen molar-refractivity contribution in [1.29, 1.82) is 0 Å². The van der Waals surface area contributed by atoms with E-state index in [1.165, 1.54) is 6.08 Å². The van der Waals surface area contributed by atoms with Crippen LogP contribution in [-0.4, -0.2) is 27.2 Å². The predicted molar refractivity (Wildman–Crippen MR) is 83.2 cm³/mol. The molecule has 2 rings (SSSR count). The molecule has 110 valence electrons. The maximum atomic E-state index is 10.6. The summed E-state index contributed by atoms with van der Waals surface area (Å²) < 4.78 is 8.51. The number of halogens is 1. The highest BCUT2D eigenvalue weighted by Gasteiger charge is 2.07. The number of carbonyl (C=O) groups is 1. The van der Waals surface area contributed by atoms with Gasteiger partial charge < -0.3 is 14.4 Å². The fraction of sp³-hybridized carbons (Fsp3) is 0.200. The Morgan fingerprint density at radius 3 is 3.00 bits per heavy atom. The molecule has 0 aliphatic heterocycles. The SMILES string of the molecule is Cn1ccnc1CCOc1c(Br)cccc1/C=C/C(=O)O. The molecule has 1 N–H and O–H groups in total. The molecule has 21 heavy (non-hydrogen) atoms. The molecule has 0 fully saturated rings. The molecular weight excluding hydrogens is 336 g/mol. The van der Waals surface area contributed by atoms with E-state index in [4.69, 9.17) is 9.84 Å². The number of nitrogens with zero attached hydrogens (tertiary/aromatic N) is 2. The molecule has 0 spiro atoms. The summed E-state index contributed by atoms with van der Waals surface area (Å²) in [5, 5.41) is 8.72. The first kappa shape index (κ1) is 15.3. The van der Waals surface area contributed by atoms with Crippen LogP contribution in [0.25, 0.3) is 6.08 Å². The highest BCUT2D eigenvalue weighted by Crippen LogP contribution is 2.30. The number of rotatable bonds is 6. The normalized spacial score (nSPS) is 11.0. The minimum atomic E-state index is -0.992. The molecule has 0 radical (unpaired) electrons. The first-order chi connectivity index (χ1) is 10.1. The van der Waals surface area contributed by atoms with Gasteiger partial charge in [0.05, 0.1) is 11.1 Å². The second kappa shape index (κ2) is 7.08. The monoisotopic (exact) mass is 350 g/mol. The number of aryl methyl sites for hydroxylation is 1. The number of imidazole rings is 1. The molecule has 2 aromatic rings. The molecule has 0 aliphatic rings. The van der Waals surface area contributed by atoms with Crippen LogP contribution in [0, 0.1) is 0 Å². The largest absolute Gasteiger partial charge is 0.491 e. The van der Waals surface area contributed by atoms with E-state index in [1.807, 2.05) is 29.9 Å². The molecule has 1 heterocycles. The Balaban J connectivity index is 2.08. The molecule has 0 atom stereocenters. The number of carboxylic acids is 1. The summed E-state index contributed by atoms with van der Waals surface area (Å²) >= 11 is 3.42. The molecule has 0 saturated carbocycles. The summed E-state index contributed by atoms with van der Waals surface area (Å²) in [5.41, 5.74) is 0.714. The lowest BCUT2D eigenvalue weighted by Crippen LogP contribution is -2.07. The minimum absolute atomic E-state index is 0.460. The van der Waals surface area contributed by atoms with E-state index in [1.54, 1.807) is 12.3 Å². The van der Waals surface area contributed by atoms with Gasteiger partial charge in [-0.2, -0.15) is 0 Å². The van der Waals surface area contributed by atoms with Gasteiger partial charge in [-0.3, -0.25) is 0 Å². The van der Waals surface area contributed by atoms with Gasteiger partial charge in [0, 0.05) is 37.5 Å². The molecule has 1 aromatic carbocycles. The second-order valence-electron chi connectivity index (χ2n) is 4.38. The number of aromatic nitrogens is 2. The summed E-state index contributed by atoms with van der Waals surface area (Å²) in [5.74, 6) is 0.572. The van der Waals surface area contributed by atoms with Crippen molar-refractivity contribution in [3.63, 3.8) is 0 Å². The second-order valence-corrected chi connectivity index (χ2v) is 5.24. The molecule has 0 saturated heterocycles. The van der Waals surface area contributed by atoms with E-state index in [9.17, 15) is 4.79 Å². The average Bonchev–Trinajstić information content (AvgIpc) is 2.84. The smallest absolute Gasteiger partial charge is 0.328 e. The van der Waals surface area contributed by atoms with Crippen molar-refractivity contribution < 1.29 is 14.6 Å². The van der Waals surface area contributed by atoms with E-state index in [-0.39, 0.29) is 0 Å². The zero-order valence-corrected chi connectivity index (χ0v) is 13.1. The number of para-hydroxylation sites is 1. The third kappa shape index (κ3) is 4.19. The van der Waals surface area contributed by atoms with Crippen LogP contribution in [0.5, 0.6) is 5.75 Å². The highest BCUT2D eigenvalue weighted by atomic mass is 79.9. The zero-order chi connectivity index (χ0) is 15.2. The lowest BCUT2D eigenvalue weighted by atomic mass is 10.2. The Hall–Kier alpha value is -2.08. The van der Waals surface area contributed by atoms with Crippen LogP contribution in [-0.2, 0) is 18.3 Å². The van der Waals surface area contributed by atoms with Gasteiger partial charge in [0.2, 0.25) is 0 Å². The molecule has 1 aromatic heterocycles. The first-order valence-corrected chi connectivity index (χ1v) is 7.15. The van der Waals surface area contributed by atoms with E-state index >= 15 is 0 Å². The van der Waals surface area contributed by atoms with Crippen LogP contribution in [0.1, 0.15) is 11.4 Å². The van der Waals surface area contributed by atoms with E-state index in [0.29, 0.717) is 24.3 Å². The molecule has 0 bridgehead atoms. The van der Waals surface area contributed by atoms with Crippen molar-refractivity contribution in [1.82, 2.24) is 9.55 Å². The molecule has 6 heteroatoms. The van der Waals surface area contributed by atoms with E-state index in [0.717, 1.165) is 16.4 Å². The molecule has 5 nitrogen and oxygen atoms in total. The highest BCUT2D eigenvalue weighted by molar-refractivity contribution is 9.10. The van der Waals surface area contributed by atoms with Gasteiger partial charge in [0.25, 0.3) is 0 Å². The summed E-state index contributed by atoms with van der Waals surface area (Å²) in [6, 6.07) is 5.49. The average molecular weight is 351 g/mol. The number of hydrogen-bond donors (Lipinski definition) is 1. The van der Waals surface area contributed by atoms with Crippen LogP contribution in [0.4, 0.5) is 0 Å². The van der Waals surface area contributed by atoms with Crippen molar-refractivity contribution in [2.75, 3.05) is 6.61 Å². The van der Waals surface area contributed by atoms with Crippen molar-refractivity contribution in [3.8, 4) is 5.75 Å². The number of carboxylic acid groups (broad SMARTS) is 1. The minimum Gasteiger partial charge on any atom is -0.491 e. The van der Waals surface area contributed by atoms with Gasteiger partial charge >= 0.3 is 5.97 Å². The van der Waals surface area contributed by atoms with Crippen molar-refractivity contribution in [3.05, 3.63) is 52.5 Å². The molecular formula is C15H15BrN2O3. The van der Waals surface area contributed by atoms with Gasteiger partial charge in [0.15, 0.2) is 0 Å². The van der Waals surface area contributed by atoms with Gasteiger partial charge in [-0.1, -0.05) is 12.1 Å². The van der Waals surface area contributed by atoms with Crippen molar-refractivity contribution in [2.24, 2.45) is 7.05 Å². The summed E-state index contributed by atoms with van der Waals surface area (Å²) in [6.07, 6.45) is 6.91. The van der Waals surface area contributed by atoms with Gasteiger partial charge in [-0.15, -0.1) is 0 Å². The van der Waals surface area contributed by atoms with Crippen LogP contribution >= 0.6 is 15.9 Å². The molecule has 0 unspecified atom stereocenters. The quantitative estimate of drug-likeness (QED) is 0.813. The number of hydrogen-bond acceptors (Lipinski definition) is 3. The Kier molecular flexibility index (Phi) is 5.16. The summed E-state index contributed by atoms with van der Waals surface area (Å²) in [4.78, 5) is 14.9. The Bertz CT molecular complexity index is 665. The summed E-state index contributed by atoms with van der Waals surface area (Å²) in [6.45, 7) is 0.460. The van der Waals surface area contributed by atoms with Crippen LogP contribution in [0.2, 0.25) is 0 Å². The number of ether oxygens (including phenoxy) is 1. The van der Waals surface area contributed by atoms with E-state index in [2.05, 4.69) is 20.9 Å². The number of benzene rings is 1. The Morgan fingerprint density at radius 2 is 2.33 bits per heavy atom. The predicted octanol–water partition coefficient (Wildman–Crippen LogP) is 2.90. The molecule has 0 aliphatic carbocycles. The van der Waals surface area contributed by atoms with Gasteiger partial charge in [0.1, 0.15) is 11.6 Å². The van der Waals surface area contributed by atoms with E-state index < -0.39 is 5.97 Å². The topological polar surface area (TPSA) is 64.4 Å². The zero-order valence-electron chi connectivity index (χ0n) is 11.5. The van der Waals surface area contributed by atoms with Crippen LogP contribution < -0.4 is 4.74 Å². The first-order valence-electron chi connectivity index (χ1n) is 6.36. The maximum absolute atomic E-state index is 10.6. The van der Waals surface area contributed by atoms with Gasteiger partial charge in [-0.25, -0.2) is 9.78 Å². The maximum Gasteiger partial charge on any atom is 0.328 e. The van der Waals surface area contributed by atoms with Crippen LogP contribution in [0.3, 0.4) is 0 Å². The Morgan fingerprint density at radius 1 is 1.52 bits per heavy atom. The van der Waals surface area contributed by atoms with Crippen molar-refractivity contribution in [2.45, 2.75) is 6.42 Å². The fourth-order valence-electron chi connectivity index (χ4n) is 1.85. The van der Waals surface area contributed by atoms with Crippen LogP contribution in [0.15, 0.2) is 41.1 Å². The lowest BCUT2D eigenvalue weighted by molar-refractivity contribution is -0.131. The lowest BCUT2D eigenvalue weighted by Gasteiger charge is -2.11. The number of aliphatic carboxylic acids is 1. The third-order valence-corrected chi connectivity index (χ3v) is 3.52.